The first-order chi connectivity index (χ1) is 9.10. The number of hydrogen-bond donors (Lipinski definition) is 0. The smallest absolute Gasteiger partial charge is 0.129 e. The first-order valence-corrected chi connectivity index (χ1v) is 6.63. The van der Waals surface area contributed by atoms with Crippen molar-refractivity contribution in [1.29, 1.82) is 0 Å². The highest BCUT2D eigenvalue weighted by molar-refractivity contribution is 6.30. The predicted molar refractivity (Wildman–Crippen MR) is 76.7 cm³/mol. The summed E-state index contributed by atoms with van der Waals surface area (Å²) in [5.74, 6) is 0.383. The molecular formula is C15H13Cl2FO. The lowest BCUT2D eigenvalue weighted by Gasteiger charge is -2.12. The molecule has 0 bridgehead atoms. The van der Waals surface area contributed by atoms with Gasteiger partial charge in [-0.05, 0) is 36.2 Å². The standard InChI is InChI=1S/C15H13Cl2FO/c1-19-12-4-2-3-10(7-12)8-14(17)13-6-5-11(16)9-15(13)18/h2-7,9,14H,8H2,1H3. The monoisotopic (exact) mass is 298 g/mol. The number of halogens is 3. The van der Waals surface area contributed by atoms with Crippen LogP contribution in [-0.2, 0) is 6.42 Å². The van der Waals surface area contributed by atoms with E-state index in [1.807, 2.05) is 24.3 Å². The van der Waals surface area contributed by atoms with E-state index in [-0.39, 0.29) is 5.82 Å². The number of alkyl halides is 1. The molecule has 0 saturated carbocycles. The summed E-state index contributed by atoms with van der Waals surface area (Å²) < 4.78 is 18.9. The molecule has 4 heteroatoms. The minimum atomic E-state index is -0.440. The molecule has 2 rings (SSSR count). The highest BCUT2D eigenvalue weighted by Crippen LogP contribution is 2.29. The van der Waals surface area contributed by atoms with Crippen molar-refractivity contribution in [3.8, 4) is 5.75 Å². The van der Waals surface area contributed by atoms with Crippen molar-refractivity contribution in [2.45, 2.75) is 11.8 Å². The van der Waals surface area contributed by atoms with Crippen molar-refractivity contribution in [1.82, 2.24) is 0 Å². The topological polar surface area (TPSA) is 9.23 Å². The zero-order valence-corrected chi connectivity index (χ0v) is 11.9. The van der Waals surface area contributed by atoms with Gasteiger partial charge < -0.3 is 4.74 Å². The van der Waals surface area contributed by atoms with E-state index in [0.29, 0.717) is 17.0 Å². The summed E-state index contributed by atoms with van der Waals surface area (Å²) in [7, 11) is 1.61. The van der Waals surface area contributed by atoms with Crippen LogP contribution in [0.15, 0.2) is 42.5 Å². The Labute approximate surface area is 121 Å². The number of hydrogen-bond acceptors (Lipinski definition) is 1. The average Bonchev–Trinajstić information content (AvgIpc) is 2.38. The molecule has 1 nitrogen and oxygen atoms in total. The molecule has 0 heterocycles. The van der Waals surface area contributed by atoms with E-state index < -0.39 is 5.38 Å². The number of ether oxygens (including phenoxy) is 1. The molecule has 1 unspecified atom stereocenters. The molecule has 1 atom stereocenters. The van der Waals surface area contributed by atoms with Crippen LogP contribution in [0, 0.1) is 5.82 Å². The van der Waals surface area contributed by atoms with Crippen LogP contribution in [0.2, 0.25) is 5.02 Å². The van der Waals surface area contributed by atoms with Gasteiger partial charge in [0, 0.05) is 10.6 Å². The fourth-order valence-corrected chi connectivity index (χ4v) is 2.39. The number of rotatable bonds is 4. The molecule has 100 valence electrons. The zero-order valence-electron chi connectivity index (χ0n) is 10.4. The van der Waals surface area contributed by atoms with Crippen LogP contribution >= 0.6 is 23.2 Å². The predicted octanol–water partition coefficient (Wildman–Crippen LogP) is 5.01. The van der Waals surface area contributed by atoms with Crippen LogP contribution in [-0.4, -0.2) is 7.11 Å². The maximum absolute atomic E-state index is 13.8. The summed E-state index contributed by atoms with van der Waals surface area (Å²) in [6.45, 7) is 0. The summed E-state index contributed by atoms with van der Waals surface area (Å²) in [5, 5.41) is -0.0733. The molecule has 0 fully saturated rings. The normalized spacial score (nSPS) is 12.2. The summed E-state index contributed by atoms with van der Waals surface area (Å²) in [6, 6.07) is 12.1. The number of benzene rings is 2. The van der Waals surface area contributed by atoms with Gasteiger partial charge in [0.25, 0.3) is 0 Å². The molecule has 19 heavy (non-hydrogen) atoms. The molecule has 0 aliphatic rings. The summed E-state index contributed by atoms with van der Waals surface area (Å²) in [5.41, 5.74) is 1.45. The Kier molecular flexibility index (Phi) is 4.67. The van der Waals surface area contributed by atoms with E-state index in [1.54, 1.807) is 19.2 Å². The van der Waals surface area contributed by atoms with Gasteiger partial charge in [-0.2, -0.15) is 0 Å². The van der Waals surface area contributed by atoms with Crippen molar-refractivity contribution in [3.63, 3.8) is 0 Å². The minimum Gasteiger partial charge on any atom is -0.497 e. The lowest BCUT2D eigenvalue weighted by molar-refractivity contribution is 0.414. The van der Waals surface area contributed by atoms with Crippen LogP contribution in [0.4, 0.5) is 4.39 Å². The Morgan fingerprint density at radius 2 is 2.00 bits per heavy atom. The fraction of sp³-hybridized carbons (Fsp3) is 0.200. The molecule has 2 aromatic carbocycles. The molecule has 0 saturated heterocycles. The summed E-state index contributed by atoms with van der Waals surface area (Å²) in [4.78, 5) is 0. The van der Waals surface area contributed by atoms with Crippen LogP contribution in [0.5, 0.6) is 5.75 Å². The molecule has 0 aromatic heterocycles. The Bertz CT molecular complexity index is 572. The highest BCUT2D eigenvalue weighted by Gasteiger charge is 2.14. The quantitative estimate of drug-likeness (QED) is 0.721. The van der Waals surface area contributed by atoms with Gasteiger partial charge >= 0.3 is 0 Å². The van der Waals surface area contributed by atoms with Crippen LogP contribution in [0.1, 0.15) is 16.5 Å². The zero-order chi connectivity index (χ0) is 13.8. The summed E-state index contributed by atoms with van der Waals surface area (Å²) >= 11 is 12.0. The van der Waals surface area contributed by atoms with E-state index in [9.17, 15) is 4.39 Å². The lowest BCUT2D eigenvalue weighted by Crippen LogP contribution is -1.99. The first-order valence-electron chi connectivity index (χ1n) is 5.82. The van der Waals surface area contributed by atoms with Crippen molar-refractivity contribution < 1.29 is 9.13 Å². The van der Waals surface area contributed by atoms with Gasteiger partial charge in [0.2, 0.25) is 0 Å². The molecule has 0 aliphatic carbocycles. The third-order valence-corrected chi connectivity index (χ3v) is 3.47. The Morgan fingerprint density at radius 1 is 1.21 bits per heavy atom. The lowest BCUT2D eigenvalue weighted by atomic mass is 10.0. The molecule has 0 radical (unpaired) electrons. The van der Waals surface area contributed by atoms with Crippen molar-refractivity contribution in [3.05, 3.63) is 64.4 Å². The SMILES string of the molecule is COc1cccc(CC(Cl)c2ccc(Cl)cc2F)c1. The van der Waals surface area contributed by atoms with E-state index in [0.717, 1.165) is 11.3 Å². The van der Waals surface area contributed by atoms with E-state index >= 15 is 0 Å². The maximum atomic E-state index is 13.8. The van der Waals surface area contributed by atoms with Crippen LogP contribution in [0.3, 0.4) is 0 Å². The van der Waals surface area contributed by atoms with Gasteiger partial charge in [-0.15, -0.1) is 11.6 Å². The highest BCUT2D eigenvalue weighted by atomic mass is 35.5. The largest absolute Gasteiger partial charge is 0.497 e. The van der Waals surface area contributed by atoms with Crippen molar-refractivity contribution in [2.75, 3.05) is 7.11 Å². The first kappa shape index (κ1) is 14.2. The van der Waals surface area contributed by atoms with Crippen LogP contribution in [0.25, 0.3) is 0 Å². The van der Waals surface area contributed by atoms with E-state index in [4.69, 9.17) is 27.9 Å². The van der Waals surface area contributed by atoms with Gasteiger partial charge in [0.15, 0.2) is 0 Å². The van der Waals surface area contributed by atoms with Crippen LogP contribution < -0.4 is 4.74 Å². The van der Waals surface area contributed by atoms with Gasteiger partial charge in [-0.25, -0.2) is 4.39 Å². The van der Waals surface area contributed by atoms with E-state index in [1.165, 1.54) is 6.07 Å². The molecule has 0 amide bonds. The molecular weight excluding hydrogens is 286 g/mol. The Balaban J connectivity index is 2.17. The van der Waals surface area contributed by atoms with Gasteiger partial charge in [-0.3, -0.25) is 0 Å². The maximum Gasteiger partial charge on any atom is 0.129 e. The third-order valence-electron chi connectivity index (χ3n) is 2.85. The van der Waals surface area contributed by atoms with Gasteiger partial charge in [0.1, 0.15) is 11.6 Å². The molecule has 0 spiro atoms. The van der Waals surface area contributed by atoms with Gasteiger partial charge in [0.05, 0.1) is 12.5 Å². The van der Waals surface area contributed by atoms with Crippen molar-refractivity contribution in [2.24, 2.45) is 0 Å². The molecule has 0 N–H and O–H groups in total. The Morgan fingerprint density at radius 3 is 2.68 bits per heavy atom. The molecule has 0 aliphatic heterocycles. The second-order valence-corrected chi connectivity index (χ2v) is 5.15. The second-order valence-electron chi connectivity index (χ2n) is 4.19. The Hall–Kier alpha value is -1.25. The van der Waals surface area contributed by atoms with Crippen molar-refractivity contribution >= 4 is 23.2 Å². The minimum absolute atomic E-state index is 0.367. The second kappa shape index (κ2) is 6.27. The summed E-state index contributed by atoms with van der Waals surface area (Å²) in [6.07, 6.45) is 0.525. The fourth-order valence-electron chi connectivity index (χ4n) is 1.87. The average molecular weight is 299 g/mol. The molecule has 2 aromatic rings. The van der Waals surface area contributed by atoms with E-state index in [2.05, 4.69) is 0 Å². The number of methoxy groups -OCH3 is 1. The third kappa shape index (κ3) is 3.62. The van der Waals surface area contributed by atoms with Gasteiger partial charge in [-0.1, -0.05) is 29.8 Å².